The van der Waals surface area contributed by atoms with Crippen LogP contribution in [0.5, 0.6) is 0 Å². The molecule has 0 bridgehead atoms. The minimum Gasteiger partial charge on any atom is -0.444 e. The number of anilines is 1. The summed E-state index contributed by atoms with van der Waals surface area (Å²) in [6.45, 7) is 8.27. The number of fused-ring (bicyclic) bond motifs is 1. The highest BCUT2D eigenvalue weighted by atomic mass is 19.1. The molecule has 28 heavy (non-hydrogen) atoms. The molecule has 152 valence electrons. The van der Waals surface area contributed by atoms with Crippen LogP contribution in [0.1, 0.15) is 44.5 Å². The van der Waals surface area contributed by atoms with Crippen LogP contribution < -0.4 is 5.32 Å². The molecule has 2 aliphatic rings. The van der Waals surface area contributed by atoms with Gasteiger partial charge in [-0.1, -0.05) is 0 Å². The van der Waals surface area contributed by atoms with E-state index in [4.69, 9.17) is 4.74 Å². The molecule has 1 N–H and O–H groups in total. The number of likely N-dealkylation sites (tertiary alicyclic amines) is 2. The molecular formula is C20H26FN3O4. The van der Waals surface area contributed by atoms with E-state index in [0.29, 0.717) is 31.2 Å². The lowest BCUT2D eigenvalue weighted by molar-refractivity contribution is -0.114. The molecule has 2 aliphatic heterocycles. The molecule has 0 unspecified atom stereocenters. The smallest absolute Gasteiger partial charge is 0.410 e. The number of piperidine rings is 1. The molecule has 0 aliphatic carbocycles. The molecule has 1 aromatic carbocycles. The molecule has 0 saturated carbocycles. The van der Waals surface area contributed by atoms with Gasteiger partial charge < -0.3 is 19.9 Å². The first-order chi connectivity index (χ1) is 13.0. The highest BCUT2D eigenvalue weighted by Gasteiger charge is 2.47. The van der Waals surface area contributed by atoms with Crippen LogP contribution in [0.4, 0.5) is 14.9 Å². The van der Waals surface area contributed by atoms with E-state index in [0.717, 1.165) is 6.42 Å². The van der Waals surface area contributed by atoms with Gasteiger partial charge in [-0.15, -0.1) is 0 Å². The molecule has 2 saturated heterocycles. The third kappa shape index (κ3) is 4.26. The second-order valence-corrected chi connectivity index (χ2v) is 8.38. The second kappa shape index (κ2) is 7.41. The summed E-state index contributed by atoms with van der Waals surface area (Å²) in [7, 11) is 0. The Morgan fingerprint density at radius 3 is 2.57 bits per heavy atom. The SMILES string of the molecule is CC(=O)Nc1ccc(F)c(C(=O)N2C[C@H]3CCN(C(=O)OC(C)(C)C)C[C@H]32)c1. The molecular weight excluding hydrogens is 365 g/mol. The number of hydrogen-bond donors (Lipinski definition) is 1. The molecule has 2 atom stereocenters. The first kappa shape index (κ1) is 20.1. The second-order valence-electron chi connectivity index (χ2n) is 8.38. The standard InChI is InChI=1S/C20H26FN3O4/c1-12(25)22-14-5-6-16(21)15(9-14)18(26)24-10-13-7-8-23(11-17(13)24)19(27)28-20(2,3)4/h5-6,9,13,17H,7-8,10-11H2,1-4H3,(H,22,25)/t13-,17-/m1/s1. The number of nitrogens with zero attached hydrogens (tertiary/aromatic N) is 2. The van der Waals surface area contributed by atoms with Crippen molar-refractivity contribution in [1.82, 2.24) is 9.80 Å². The summed E-state index contributed by atoms with van der Waals surface area (Å²) in [6, 6.07) is 3.78. The van der Waals surface area contributed by atoms with Gasteiger partial charge in [-0.25, -0.2) is 9.18 Å². The van der Waals surface area contributed by atoms with Gasteiger partial charge >= 0.3 is 6.09 Å². The minimum absolute atomic E-state index is 0.0842. The third-order valence-corrected chi connectivity index (χ3v) is 4.98. The Morgan fingerprint density at radius 1 is 1.21 bits per heavy atom. The molecule has 2 heterocycles. The van der Waals surface area contributed by atoms with E-state index in [1.807, 2.05) is 20.8 Å². The van der Waals surface area contributed by atoms with Crippen molar-refractivity contribution in [2.75, 3.05) is 25.0 Å². The highest BCUT2D eigenvalue weighted by molar-refractivity contribution is 5.97. The predicted octanol–water partition coefficient (Wildman–Crippen LogP) is 2.87. The molecule has 7 nitrogen and oxygen atoms in total. The molecule has 0 spiro atoms. The van der Waals surface area contributed by atoms with Crippen molar-refractivity contribution in [3.05, 3.63) is 29.6 Å². The number of carbonyl (C=O) groups excluding carboxylic acids is 3. The summed E-state index contributed by atoms with van der Waals surface area (Å²) in [4.78, 5) is 39.6. The lowest BCUT2D eigenvalue weighted by atomic mass is 9.82. The van der Waals surface area contributed by atoms with E-state index in [9.17, 15) is 18.8 Å². The van der Waals surface area contributed by atoms with Crippen LogP contribution in [-0.4, -0.2) is 59.0 Å². The predicted molar refractivity (Wildman–Crippen MR) is 101 cm³/mol. The topological polar surface area (TPSA) is 79.0 Å². The first-order valence-electron chi connectivity index (χ1n) is 9.41. The van der Waals surface area contributed by atoms with E-state index in [1.54, 1.807) is 9.80 Å². The van der Waals surface area contributed by atoms with Crippen molar-refractivity contribution in [2.45, 2.75) is 45.8 Å². The average Bonchev–Trinajstić information content (AvgIpc) is 2.55. The van der Waals surface area contributed by atoms with Crippen molar-refractivity contribution in [3.63, 3.8) is 0 Å². The number of carbonyl (C=O) groups is 3. The number of hydrogen-bond acceptors (Lipinski definition) is 4. The summed E-state index contributed by atoms with van der Waals surface area (Å²) in [5, 5.41) is 2.56. The summed E-state index contributed by atoms with van der Waals surface area (Å²) < 4.78 is 19.7. The van der Waals surface area contributed by atoms with Gasteiger partial charge in [0.05, 0.1) is 11.6 Å². The van der Waals surface area contributed by atoms with Crippen molar-refractivity contribution in [2.24, 2.45) is 5.92 Å². The number of nitrogens with one attached hydrogen (secondary N) is 1. The maximum Gasteiger partial charge on any atom is 0.410 e. The first-order valence-corrected chi connectivity index (χ1v) is 9.41. The molecule has 8 heteroatoms. The van der Waals surface area contributed by atoms with Gasteiger partial charge in [0.15, 0.2) is 0 Å². The minimum atomic E-state index is -0.637. The molecule has 3 amide bonds. The van der Waals surface area contributed by atoms with Crippen LogP contribution in [0.3, 0.4) is 0 Å². The van der Waals surface area contributed by atoms with E-state index in [1.165, 1.54) is 25.1 Å². The van der Waals surface area contributed by atoms with Crippen molar-refractivity contribution in [3.8, 4) is 0 Å². The monoisotopic (exact) mass is 391 g/mol. The number of ether oxygens (including phenoxy) is 1. The van der Waals surface area contributed by atoms with Crippen LogP contribution in [0.15, 0.2) is 18.2 Å². The lowest BCUT2D eigenvalue weighted by Crippen LogP contribution is -2.66. The maximum absolute atomic E-state index is 14.2. The van der Waals surface area contributed by atoms with Gasteiger partial charge in [0, 0.05) is 38.2 Å². The van der Waals surface area contributed by atoms with E-state index in [2.05, 4.69) is 5.32 Å². The zero-order valence-electron chi connectivity index (χ0n) is 16.6. The van der Waals surface area contributed by atoms with Crippen molar-refractivity contribution >= 4 is 23.6 Å². The van der Waals surface area contributed by atoms with Crippen LogP contribution >= 0.6 is 0 Å². The third-order valence-electron chi connectivity index (χ3n) is 4.98. The van der Waals surface area contributed by atoms with Crippen molar-refractivity contribution in [1.29, 1.82) is 0 Å². The Kier molecular flexibility index (Phi) is 5.32. The maximum atomic E-state index is 14.2. The Balaban J connectivity index is 1.71. The fraction of sp³-hybridized carbons (Fsp3) is 0.550. The largest absolute Gasteiger partial charge is 0.444 e. The van der Waals surface area contributed by atoms with Crippen molar-refractivity contribution < 1.29 is 23.5 Å². The Labute approximate surface area is 163 Å². The van der Waals surface area contributed by atoms with Gasteiger partial charge in [0.25, 0.3) is 5.91 Å². The molecule has 1 aromatic rings. The zero-order valence-corrected chi connectivity index (χ0v) is 16.6. The van der Waals surface area contributed by atoms with Crippen LogP contribution in [-0.2, 0) is 9.53 Å². The molecule has 0 aromatic heterocycles. The summed E-state index contributed by atoms with van der Waals surface area (Å²) in [5.74, 6) is -1.07. The van der Waals surface area contributed by atoms with Gasteiger partial charge in [-0.05, 0) is 45.4 Å². The fourth-order valence-electron chi connectivity index (χ4n) is 3.65. The molecule has 2 fully saturated rings. The Hall–Kier alpha value is -2.64. The fourth-order valence-corrected chi connectivity index (χ4v) is 3.65. The van der Waals surface area contributed by atoms with Crippen LogP contribution in [0.2, 0.25) is 0 Å². The normalized spacial score (nSPS) is 21.5. The zero-order chi connectivity index (χ0) is 20.6. The number of benzene rings is 1. The van der Waals surface area contributed by atoms with Gasteiger partial charge in [0.2, 0.25) is 5.91 Å². The van der Waals surface area contributed by atoms with E-state index >= 15 is 0 Å². The molecule has 3 rings (SSSR count). The Bertz CT molecular complexity index is 805. The van der Waals surface area contributed by atoms with E-state index < -0.39 is 23.4 Å². The summed E-state index contributed by atoms with van der Waals surface area (Å²) in [6.07, 6.45) is 0.381. The quantitative estimate of drug-likeness (QED) is 0.841. The number of rotatable bonds is 2. The highest BCUT2D eigenvalue weighted by Crippen LogP contribution is 2.34. The summed E-state index contributed by atoms with van der Waals surface area (Å²) in [5.41, 5.74) is -0.302. The van der Waals surface area contributed by atoms with E-state index in [-0.39, 0.29) is 17.5 Å². The lowest BCUT2D eigenvalue weighted by Gasteiger charge is -2.53. The van der Waals surface area contributed by atoms with Crippen LogP contribution in [0.25, 0.3) is 0 Å². The Morgan fingerprint density at radius 2 is 1.93 bits per heavy atom. The van der Waals surface area contributed by atoms with Gasteiger partial charge in [-0.2, -0.15) is 0 Å². The van der Waals surface area contributed by atoms with Gasteiger partial charge in [-0.3, -0.25) is 9.59 Å². The number of halogens is 1. The number of amides is 3. The molecule has 0 radical (unpaired) electrons. The average molecular weight is 391 g/mol. The van der Waals surface area contributed by atoms with Crippen LogP contribution in [0, 0.1) is 11.7 Å². The summed E-state index contributed by atoms with van der Waals surface area (Å²) >= 11 is 0. The van der Waals surface area contributed by atoms with Gasteiger partial charge in [0.1, 0.15) is 11.4 Å².